The van der Waals surface area contributed by atoms with Gasteiger partial charge in [0.25, 0.3) is 0 Å². The highest BCUT2D eigenvalue weighted by molar-refractivity contribution is 5.82. The molecular weight excluding hydrogens is 236 g/mol. The molecule has 2 amide bonds. The van der Waals surface area contributed by atoms with E-state index in [0.717, 1.165) is 12.8 Å². The van der Waals surface area contributed by atoms with Gasteiger partial charge in [-0.05, 0) is 18.3 Å². The Morgan fingerprint density at radius 3 is 2.61 bits per heavy atom. The van der Waals surface area contributed by atoms with Crippen molar-refractivity contribution in [1.29, 1.82) is 0 Å². The van der Waals surface area contributed by atoms with E-state index in [-0.39, 0.29) is 24.5 Å². The molecule has 0 unspecified atom stereocenters. The van der Waals surface area contributed by atoms with Crippen molar-refractivity contribution in [3.63, 3.8) is 0 Å². The van der Waals surface area contributed by atoms with Crippen LogP contribution in [0.3, 0.4) is 0 Å². The van der Waals surface area contributed by atoms with Crippen LogP contribution in [-0.4, -0.2) is 52.9 Å². The molecule has 0 saturated carbocycles. The molecule has 6 heteroatoms. The van der Waals surface area contributed by atoms with Crippen molar-refractivity contribution in [2.45, 2.75) is 39.2 Å². The summed E-state index contributed by atoms with van der Waals surface area (Å²) < 4.78 is 0. The van der Waals surface area contributed by atoms with Crippen LogP contribution in [-0.2, 0) is 4.79 Å². The summed E-state index contributed by atoms with van der Waals surface area (Å²) in [6.07, 6.45) is 2.02. The van der Waals surface area contributed by atoms with Gasteiger partial charge in [-0.3, -0.25) is 0 Å². The van der Waals surface area contributed by atoms with Crippen LogP contribution in [0.5, 0.6) is 0 Å². The number of amides is 2. The summed E-state index contributed by atoms with van der Waals surface area (Å²) in [5.74, 6) is -1.12. The number of aliphatic hydroxyl groups excluding tert-OH is 1. The molecule has 1 aliphatic heterocycles. The van der Waals surface area contributed by atoms with E-state index in [9.17, 15) is 9.59 Å². The number of hydrogen-bond donors (Lipinski definition) is 3. The van der Waals surface area contributed by atoms with Crippen LogP contribution in [0.25, 0.3) is 0 Å². The number of carbonyl (C=O) groups excluding carboxylic acids is 1. The first-order chi connectivity index (χ1) is 8.35. The standard InChI is InChI=1S/C12H22N2O4/c1-12(2)5-3-6-14(8-12)11(18)13-9(4-7-15)10(16)17/h9,15H,3-8H2,1-2H3,(H,13,18)(H,16,17)/t9-/m1/s1. The maximum absolute atomic E-state index is 11.9. The first-order valence-electron chi connectivity index (χ1n) is 6.25. The smallest absolute Gasteiger partial charge is 0.326 e. The van der Waals surface area contributed by atoms with Gasteiger partial charge in [0.15, 0.2) is 0 Å². The molecule has 0 spiro atoms. The average molecular weight is 258 g/mol. The molecule has 0 aromatic rings. The zero-order valence-corrected chi connectivity index (χ0v) is 11.0. The Morgan fingerprint density at radius 1 is 1.44 bits per heavy atom. The molecule has 1 atom stereocenters. The van der Waals surface area contributed by atoms with E-state index < -0.39 is 12.0 Å². The normalized spacial score (nSPS) is 20.3. The molecule has 6 nitrogen and oxygen atoms in total. The fourth-order valence-corrected chi connectivity index (χ4v) is 2.22. The summed E-state index contributed by atoms with van der Waals surface area (Å²) >= 11 is 0. The van der Waals surface area contributed by atoms with Gasteiger partial charge < -0.3 is 20.4 Å². The summed E-state index contributed by atoms with van der Waals surface area (Å²) in [5.41, 5.74) is 0.0747. The Kier molecular flexibility index (Phi) is 4.95. The van der Waals surface area contributed by atoms with Crippen molar-refractivity contribution in [1.82, 2.24) is 10.2 Å². The number of aliphatic carboxylic acids is 1. The number of nitrogens with zero attached hydrogens (tertiary/aromatic N) is 1. The fraction of sp³-hybridized carbons (Fsp3) is 0.833. The lowest BCUT2D eigenvalue weighted by Crippen LogP contribution is -2.52. The van der Waals surface area contributed by atoms with Crippen LogP contribution in [0.4, 0.5) is 4.79 Å². The summed E-state index contributed by atoms with van der Waals surface area (Å²) in [6.45, 7) is 5.21. The Balaban J connectivity index is 2.55. The fourth-order valence-electron chi connectivity index (χ4n) is 2.22. The van der Waals surface area contributed by atoms with Gasteiger partial charge in [-0.25, -0.2) is 9.59 Å². The number of piperidine rings is 1. The first-order valence-corrected chi connectivity index (χ1v) is 6.25. The number of rotatable bonds is 4. The monoisotopic (exact) mass is 258 g/mol. The summed E-state index contributed by atoms with van der Waals surface area (Å²) in [5, 5.41) is 20.1. The van der Waals surface area contributed by atoms with Gasteiger partial charge in [0.2, 0.25) is 0 Å². The van der Waals surface area contributed by atoms with Gasteiger partial charge in [0, 0.05) is 26.1 Å². The number of hydrogen-bond acceptors (Lipinski definition) is 3. The third-order valence-corrected chi connectivity index (χ3v) is 3.20. The lowest BCUT2D eigenvalue weighted by atomic mass is 9.84. The minimum atomic E-state index is -1.12. The number of nitrogens with one attached hydrogen (secondary N) is 1. The highest BCUT2D eigenvalue weighted by atomic mass is 16.4. The minimum absolute atomic E-state index is 0.0261. The highest BCUT2D eigenvalue weighted by Crippen LogP contribution is 2.28. The second-order valence-electron chi connectivity index (χ2n) is 5.54. The molecule has 1 fully saturated rings. The van der Waals surface area contributed by atoms with Crippen molar-refractivity contribution in [3.8, 4) is 0 Å². The molecule has 18 heavy (non-hydrogen) atoms. The lowest BCUT2D eigenvalue weighted by Gasteiger charge is -2.38. The second kappa shape index (κ2) is 6.04. The van der Waals surface area contributed by atoms with Crippen molar-refractivity contribution >= 4 is 12.0 Å². The predicted molar refractivity (Wildman–Crippen MR) is 66.2 cm³/mol. The summed E-state index contributed by atoms with van der Waals surface area (Å²) in [7, 11) is 0. The minimum Gasteiger partial charge on any atom is -0.480 e. The molecular formula is C12H22N2O4. The summed E-state index contributed by atoms with van der Waals surface area (Å²) in [6, 6.07) is -1.38. The van der Waals surface area contributed by atoms with E-state index in [2.05, 4.69) is 19.2 Å². The van der Waals surface area contributed by atoms with Crippen LogP contribution in [0.15, 0.2) is 0 Å². The number of carboxylic acids is 1. The van der Waals surface area contributed by atoms with Crippen LogP contribution in [0.2, 0.25) is 0 Å². The quantitative estimate of drug-likeness (QED) is 0.690. The number of carboxylic acid groups (broad SMARTS) is 1. The lowest BCUT2D eigenvalue weighted by molar-refractivity contribution is -0.139. The molecule has 0 bridgehead atoms. The maximum atomic E-state index is 11.9. The number of carbonyl (C=O) groups is 2. The van der Waals surface area contributed by atoms with E-state index in [0.29, 0.717) is 13.1 Å². The second-order valence-corrected chi connectivity index (χ2v) is 5.54. The highest BCUT2D eigenvalue weighted by Gasteiger charge is 2.30. The molecule has 0 aliphatic carbocycles. The first kappa shape index (κ1) is 14.8. The molecule has 0 aromatic heterocycles. The van der Waals surface area contributed by atoms with Crippen LogP contribution >= 0.6 is 0 Å². The molecule has 0 aromatic carbocycles. The van der Waals surface area contributed by atoms with Gasteiger partial charge in [0.05, 0.1) is 0 Å². The van der Waals surface area contributed by atoms with E-state index in [1.165, 1.54) is 0 Å². The molecule has 1 heterocycles. The van der Waals surface area contributed by atoms with Gasteiger partial charge in [0.1, 0.15) is 6.04 Å². The Bertz CT molecular complexity index is 317. The van der Waals surface area contributed by atoms with Crippen LogP contribution < -0.4 is 5.32 Å². The zero-order chi connectivity index (χ0) is 13.8. The van der Waals surface area contributed by atoms with E-state index in [4.69, 9.17) is 10.2 Å². The van der Waals surface area contributed by atoms with Crippen molar-refractivity contribution in [2.24, 2.45) is 5.41 Å². The number of urea groups is 1. The van der Waals surface area contributed by atoms with E-state index >= 15 is 0 Å². The molecule has 3 N–H and O–H groups in total. The van der Waals surface area contributed by atoms with Crippen LogP contribution in [0.1, 0.15) is 33.1 Å². The van der Waals surface area contributed by atoms with Crippen molar-refractivity contribution in [2.75, 3.05) is 19.7 Å². The Hall–Kier alpha value is -1.30. The Morgan fingerprint density at radius 2 is 2.11 bits per heavy atom. The molecule has 0 radical (unpaired) electrons. The maximum Gasteiger partial charge on any atom is 0.326 e. The summed E-state index contributed by atoms with van der Waals surface area (Å²) in [4.78, 5) is 24.5. The van der Waals surface area contributed by atoms with Gasteiger partial charge >= 0.3 is 12.0 Å². The van der Waals surface area contributed by atoms with Gasteiger partial charge in [-0.1, -0.05) is 13.8 Å². The molecule has 1 rings (SSSR count). The molecule has 1 saturated heterocycles. The largest absolute Gasteiger partial charge is 0.480 e. The molecule has 104 valence electrons. The number of aliphatic hydroxyl groups is 1. The van der Waals surface area contributed by atoms with E-state index in [1.807, 2.05) is 0 Å². The third-order valence-electron chi connectivity index (χ3n) is 3.20. The van der Waals surface area contributed by atoms with Crippen LogP contribution in [0, 0.1) is 5.41 Å². The Labute approximate surface area is 107 Å². The van der Waals surface area contributed by atoms with E-state index in [1.54, 1.807) is 4.90 Å². The predicted octanol–water partition coefficient (Wildman–Crippen LogP) is 0.654. The average Bonchev–Trinajstić information content (AvgIpc) is 2.26. The third kappa shape index (κ3) is 4.18. The number of likely N-dealkylation sites (tertiary alicyclic amines) is 1. The zero-order valence-electron chi connectivity index (χ0n) is 11.0. The SMILES string of the molecule is CC1(C)CCCN(C(=O)N[C@H](CCO)C(=O)O)C1. The van der Waals surface area contributed by atoms with Crippen molar-refractivity contribution < 1.29 is 19.8 Å². The van der Waals surface area contributed by atoms with Crippen molar-refractivity contribution in [3.05, 3.63) is 0 Å². The molecule has 1 aliphatic rings. The van der Waals surface area contributed by atoms with Gasteiger partial charge in [-0.15, -0.1) is 0 Å². The van der Waals surface area contributed by atoms with Gasteiger partial charge in [-0.2, -0.15) is 0 Å². The topological polar surface area (TPSA) is 89.9 Å².